The van der Waals surface area contributed by atoms with E-state index in [0.29, 0.717) is 0 Å². The van der Waals surface area contributed by atoms with Gasteiger partial charge in [0.15, 0.2) is 6.29 Å². The minimum atomic E-state index is -0.842. The molecule has 1 aliphatic heterocycles. The number of aliphatic hydroxyl groups is 2. The zero-order chi connectivity index (χ0) is 11.4. The molecule has 5 nitrogen and oxygen atoms in total. The molecule has 0 bridgehead atoms. The summed E-state index contributed by atoms with van der Waals surface area (Å²) in [7, 11) is 0. The van der Waals surface area contributed by atoms with Crippen molar-refractivity contribution in [2.45, 2.75) is 57.4 Å². The summed E-state index contributed by atoms with van der Waals surface area (Å²) in [4.78, 5) is 10.2. The first-order chi connectivity index (χ1) is 7.04. The van der Waals surface area contributed by atoms with Crippen molar-refractivity contribution in [3.63, 3.8) is 0 Å². The first-order valence-electron chi connectivity index (χ1n) is 5.15. The molecular formula is C10H18O5. The highest BCUT2D eigenvalue weighted by atomic mass is 16.7. The molecule has 0 amide bonds. The average molecular weight is 218 g/mol. The molecule has 1 aliphatic rings. The standard InChI is InChI=1S/C10H18O5/c1-6(3-4-11)14-10-9(13)5-8(12)7(2)15-10/h4,6-10,12-13H,3,5H2,1-2H3/t6-,7?,8-,9?,10+/m1/s1. The summed E-state index contributed by atoms with van der Waals surface area (Å²) in [6.45, 7) is 3.46. The van der Waals surface area contributed by atoms with Crippen molar-refractivity contribution in [2.75, 3.05) is 0 Å². The lowest BCUT2D eigenvalue weighted by molar-refractivity contribution is -0.272. The van der Waals surface area contributed by atoms with Gasteiger partial charge in [-0.3, -0.25) is 0 Å². The van der Waals surface area contributed by atoms with Gasteiger partial charge in [0, 0.05) is 12.8 Å². The third-order valence-electron chi connectivity index (χ3n) is 2.48. The van der Waals surface area contributed by atoms with Crippen LogP contribution in [0.3, 0.4) is 0 Å². The van der Waals surface area contributed by atoms with Gasteiger partial charge in [0.1, 0.15) is 12.4 Å². The Morgan fingerprint density at radius 3 is 2.80 bits per heavy atom. The molecular weight excluding hydrogens is 200 g/mol. The van der Waals surface area contributed by atoms with Crippen LogP contribution in [0.1, 0.15) is 26.7 Å². The van der Waals surface area contributed by atoms with Crippen molar-refractivity contribution >= 4 is 6.29 Å². The van der Waals surface area contributed by atoms with E-state index in [1.807, 2.05) is 0 Å². The van der Waals surface area contributed by atoms with E-state index < -0.39 is 18.5 Å². The fourth-order valence-electron chi connectivity index (χ4n) is 1.49. The Kier molecular flexibility index (Phi) is 4.66. The molecule has 0 spiro atoms. The smallest absolute Gasteiger partial charge is 0.184 e. The molecule has 0 aromatic carbocycles. The predicted octanol–water partition coefficient (Wildman–Crippen LogP) is -0.163. The Labute approximate surface area is 89.0 Å². The average Bonchev–Trinajstić information content (AvgIpc) is 2.14. The van der Waals surface area contributed by atoms with Gasteiger partial charge in [-0.2, -0.15) is 0 Å². The highest BCUT2D eigenvalue weighted by molar-refractivity contribution is 5.49. The van der Waals surface area contributed by atoms with Gasteiger partial charge in [-0.1, -0.05) is 0 Å². The number of carbonyl (C=O) groups excluding carboxylic acids is 1. The van der Waals surface area contributed by atoms with Crippen LogP contribution in [0.25, 0.3) is 0 Å². The van der Waals surface area contributed by atoms with Gasteiger partial charge >= 0.3 is 0 Å². The van der Waals surface area contributed by atoms with Crippen LogP contribution in [0.4, 0.5) is 0 Å². The highest BCUT2D eigenvalue weighted by Crippen LogP contribution is 2.22. The molecule has 1 rings (SSSR count). The van der Waals surface area contributed by atoms with E-state index in [2.05, 4.69) is 0 Å². The summed E-state index contributed by atoms with van der Waals surface area (Å²) in [5.74, 6) is 0. The molecule has 0 saturated carbocycles. The quantitative estimate of drug-likeness (QED) is 0.641. The van der Waals surface area contributed by atoms with E-state index in [1.54, 1.807) is 13.8 Å². The van der Waals surface area contributed by atoms with Crippen LogP contribution in [-0.2, 0) is 14.3 Å². The van der Waals surface area contributed by atoms with E-state index in [0.717, 1.165) is 6.29 Å². The molecule has 88 valence electrons. The zero-order valence-electron chi connectivity index (χ0n) is 9.00. The molecule has 0 aromatic rings. The molecule has 1 heterocycles. The van der Waals surface area contributed by atoms with Gasteiger partial charge in [-0.05, 0) is 13.8 Å². The van der Waals surface area contributed by atoms with Gasteiger partial charge in [0.05, 0.1) is 18.3 Å². The second-order valence-electron chi connectivity index (χ2n) is 3.93. The number of rotatable bonds is 4. The Balaban J connectivity index is 2.43. The number of aldehydes is 1. The van der Waals surface area contributed by atoms with Gasteiger partial charge in [-0.15, -0.1) is 0 Å². The minimum Gasteiger partial charge on any atom is -0.390 e. The van der Waals surface area contributed by atoms with Crippen molar-refractivity contribution in [1.29, 1.82) is 0 Å². The number of hydrogen-bond acceptors (Lipinski definition) is 5. The number of carbonyl (C=O) groups is 1. The van der Waals surface area contributed by atoms with E-state index in [1.165, 1.54) is 0 Å². The molecule has 5 heteroatoms. The minimum absolute atomic E-state index is 0.236. The predicted molar refractivity (Wildman–Crippen MR) is 52.2 cm³/mol. The van der Waals surface area contributed by atoms with Crippen molar-refractivity contribution in [1.82, 2.24) is 0 Å². The van der Waals surface area contributed by atoms with E-state index in [4.69, 9.17) is 9.47 Å². The molecule has 0 aromatic heterocycles. The van der Waals surface area contributed by atoms with Gasteiger partial charge in [0.2, 0.25) is 0 Å². The normalized spacial score (nSPS) is 38.7. The third kappa shape index (κ3) is 3.53. The second-order valence-corrected chi connectivity index (χ2v) is 3.93. The molecule has 2 unspecified atom stereocenters. The van der Waals surface area contributed by atoms with Crippen LogP contribution in [0.2, 0.25) is 0 Å². The van der Waals surface area contributed by atoms with Crippen LogP contribution < -0.4 is 0 Å². The summed E-state index contributed by atoms with van der Waals surface area (Å²) in [5, 5.41) is 19.0. The van der Waals surface area contributed by atoms with E-state index in [9.17, 15) is 15.0 Å². The highest BCUT2D eigenvalue weighted by Gasteiger charge is 2.35. The maximum Gasteiger partial charge on any atom is 0.184 e. The second kappa shape index (κ2) is 5.55. The SMILES string of the molecule is CC1O[C@H](O[C@H](C)CC=O)C(O)C[C@H]1O. The van der Waals surface area contributed by atoms with Crippen LogP contribution in [0.15, 0.2) is 0 Å². The Morgan fingerprint density at radius 1 is 1.53 bits per heavy atom. The first-order valence-corrected chi connectivity index (χ1v) is 5.15. The van der Waals surface area contributed by atoms with Crippen LogP contribution in [-0.4, -0.2) is 47.2 Å². The lowest BCUT2D eigenvalue weighted by Gasteiger charge is -2.36. The summed E-state index contributed by atoms with van der Waals surface area (Å²) in [6.07, 6.45) is -1.64. The van der Waals surface area contributed by atoms with Crippen molar-refractivity contribution < 1.29 is 24.5 Å². The third-order valence-corrected chi connectivity index (χ3v) is 2.48. The largest absolute Gasteiger partial charge is 0.390 e. The molecule has 1 fully saturated rings. The number of ether oxygens (including phenoxy) is 2. The summed E-state index contributed by atoms with van der Waals surface area (Å²) in [5.41, 5.74) is 0. The molecule has 15 heavy (non-hydrogen) atoms. The topological polar surface area (TPSA) is 76.0 Å². The molecule has 1 saturated heterocycles. The lowest BCUT2D eigenvalue weighted by Crippen LogP contribution is -2.48. The van der Waals surface area contributed by atoms with Gasteiger partial charge < -0.3 is 24.5 Å². The first kappa shape index (κ1) is 12.6. The van der Waals surface area contributed by atoms with E-state index >= 15 is 0 Å². The number of hydrogen-bond donors (Lipinski definition) is 2. The fourth-order valence-corrected chi connectivity index (χ4v) is 1.49. The lowest BCUT2D eigenvalue weighted by atomic mass is 10.0. The molecule has 5 atom stereocenters. The zero-order valence-corrected chi connectivity index (χ0v) is 9.00. The van der Waals surface area contributed by atoms with Crippen molar-refractivity contribution in [3.8, 4) is 0 Å². The van der Waals surface area contributed by atoms with Crippen molar-refractivity contribution in [3.05, 3.63) is 0 Å². The Morgan fingerprint density at radius 2 is 2.20 bits per heavy atom. The fraction of sp³-hybridized carbons (Fsp3) is 0.900. The summed E-state index contributed by atoms with van der Waals surface area (Å²) >= 11 is 0. The Bertz CT molecular complexity index is 208. The maximum absolute atomic E-state index is 10.2. The summed E-state index contributed by atoms with van der Waals surface area (Å²) < 4.78 is 10.6. The molecule has 0 aliphatic carbocycles. The Hall–Kier alpha value is -0.490. The maximum atomic E-state index is 10.2. The van der Waals surface area contributed by atoms with E-state index in [-0.39, 0.29) is 25.0 Å². The number of aliphatic hydroxyl groups excluding tert-OH is 2. The summed E-state index contributed by atoms with van der Waals surface area (Å²) in [6, 6.07) is 0. The molecule has 0 radical (unpaired) electrons. The van der Waals surface area contributed by atoms with Crippen LogP contribution in [0.5, 0.6) is 0 Å². The van der Waals surface area contributed by atoms with Gasteiger partial charge in [-0.25, -0.2) is 0 Å². The van der Waals surface area contributed by atoms with Crippen molar-refractivity contribution in [2.24, 2.45) is 0 Å². The monoisotopic (exact) mass is 218 g/mol. The molecule has 2 N–H and O–H groups in total. The van der Waals surface area contributed by atoms with Gasteiger partial charge in [0.25, 0.3) is 0 Å². The van der Waals surface area contributed by atoms with Crippen LogP contribution >= 0.6 is 0 Å². The van der Waals surface area contributed by atoms with Crippen LogP contribution in [0, 0.1) is 0 Å².